The van der Waals surface area contributed by atoms with Crippen molar-refractivity contribution in [3.8, 4) is 0 Å². The second-order valence-electron chi connectivity index (χ2n) is 8.29. The Morgan fingerprint density at radius 3 is 2.74 bits per heavy atom. The first-order chi connectivity index (χ1) is 16.7. The number of hydrogen-bond donors (Lipinski definition) is 3. The van der Waals surface area contributed by atoms with Crippen LogP contribution >= 0.6 is 0 Å². The third kappa shape index (κ3) is 4.92. The highest BCUT2D eigenvalue weighted by atomic mass is 16.5. The van der Waals surface area contributed by atoms with Gasteiger partial charge in [0.25, 0.3) is 11.8 Å². The van der Waals surface area contributed by atoms with Crippen molar-refractivity contribution in [3.63, 3.8) is 0 Å². The number of anilines is 2. The van der Waals surface area contributed by atoms with E-state index in [9.17, 15) is 9.59 Å². The number of aliphatic imine (C=N–C) groups is 1. The van der Waals surface area contributed by atoms with E-state index in [1.165, 1.54) is 0 Å². The Labute approximate surface area is 197 Å². The minimum Gasteiger partial charge on any atom is -0.379 e. The lowest BCUT2D eigenvalue weighted by Crippen LogP contribution is -2.50. The van der Waals surface area contributed by atoms with Crippen LogP contribution < -0.4 is 10.6 Å². The van der Waals surface area contributed by atoms with Gasteiger partial charge in [0, 0.05) is 49.2 Å². The van der Waals surface area contributed by atoms with Gasteiger partial charge in [-0.25, -0.2) is 0 Å². The molecule has 1 saturated heterocycles. The average molecular weight is 462 g/mol. The van der Waals surface area contributed by atoms with Crippen LogP contribution in [0.5, 0.6) is 0 Å². The number of nitrogens with zero attached hydrogens (tertiary/aromatic N) is 4. The van der Waals surface area contributed by atoms with Crippen LogP contribution in [0.4, 0.5) is 11.5 Å². The highest BCUT2D eigenvalue weighted by molar-refractivity contribution is 6.43. The second-order valence-corrected chi connectivity index (χ2v) is 8.29. The van der Waals surface area contributed by atoms with Crippen LogP contribution in [0.2, 0.25) is 0 Å². The molecule has 2 amide bonds. The monoisotopic (exact) mass is 461 g/mol. The number of morpholine rings is 1. The van der Waals surface area contributed by atoms with E-state index in [2.05, 4.69) is 31.8 Å². The maximum atomic E-state index is 13.4. The van der Waals surface area contributed by atoms with Gasteiger partial charge in [-0.15, -0.1) is 0 Å². The molecule has 0 saturated carbocycles. The number of amidine groups is 1. The fourth-order valence-electron chi connectivity index (χ4n) is 4.19. The summed E-state index contributed by atoms with van der Waals surface area (Å²) in [5, 5.41) is 12.4. The van der Waals surface area contributed by atoms with Crippen LogP contribution in [0, 0.1) is 0 Å². The zero-order valence-electron chi connectivity index (χ0n) is 18.7. The maximum Gasteiger partial charge on any atom is 0.293 e. The first kappa shape index (κ1) is 22.1. The summed E-state index contributed by atoms with van der Waals surface area (Å²) in [6, 6.07) is 8.52. The number of nitrogens with one attached hydrogen (secondary N) is 3. The predicted octanol–water partition coefficient (Wildman–Crippen LogP) is 1.86. The fraction of sp³-hybridized carbons (Fsp3) is 0.333. The molecule has 1 unspecified atom stereocenters. The van der Waals surface area contributed by atoms with Crippen molar-refractivity contribution < 1.29 is 14.3 Å². The number of rotatable bonds is 6. The molecule has 1 atom stereocenters. The number of aromatic nitrogens is 2. The van der Waals surface area contributed by atoms with Crippen molar-refractivity contribution in [1.29, 1.82) is 0 Å². The van der Waals surface area contributed by atoms with Crippen molar-refractivity contribution in [2.75, 3.05) is 50.0 Å². The van der Waals surface area contributed by atoms with Gasteiger partial charge in [-0.05, 0) is 36.8 Å². The molecule has 2 aliphatic heterocycles. The lowest BCUT2D eigenvalue weighted by Gasteiger charge is -2.36. The third-order valence-corrected chi connectivity index (χ3v) is 6.05. The summed E-state index contributed by atoms with van der Waals surface area (Å²) in [6.07, 6.45) is 8.36. The molecule has 0 radical (unpaired) electrons. The molecule has 10 nitrogen and oxygen atoms in total. The summed E-state index contributed by atoms with van der Waals surface area (Å²) < 4.78 is 5.43. The van der Waals surface area contributed by atoms with Crippen molar-refractivity contribution in [1.82, 2.24) is 20.0 Å². The molecular weight excluding hydrogens is 434 g/mol. The standard InChI is InChI=1S/C24H27N7O3/c32-23(28-21-9-10-25-29-21)17-5-7-18(8-6-17)26-22-24(33)31(12-11-30-13-15-34-16-14-30)20-4-2-1-3-19(20)27-22/h1-2,4-10,19H,3,11-16H2,(H,26,27)(H2,25,28,29,32). The first-order valence-corrected chi connectivity index (χ1v) is 11.4. The number of hydrogen-bond acceptors (Lipinski definition) is 7. The summed E-state index contributed by atoms with van der Waals surface area (Å²) >= 11 is 0. The highest BCUT2D eigenvalue weighted by Crippen LogP contribution is 2.26. The zero-order valence-corrected chi connectivity index (χ0v) is 18.7. The Morgan fingerprint density at radius 1 is 1.15 bits per heavy atom. The Morgan fingerprint density at radius 2 is 1.97 bits per heavy atom. The highest BCUT2D eigenvalue weighted by Gasteiger charge is 2.34. The Bertz CT molecular complexity index is 1120. The van der Waals surface area contributed by atoms with E-state index < -0.39 is 0 Å². The SMILES string of the molecule is O=C(Nc1ccn[nH]1)c1ccc(NC2=NC3CC=CC=C3N(CCN3CCOCC3)C2=O)cc1. The Balaban J connectivity index is 1.27. The number of carbonyl (C=O) groups excluding carboxylic acids is 2. The Hall–Kier alpha value is -3.76. The number of ether oxygens (including phenoxy) is 1. The topological polar surface area (TPSA) is 115 Å². The number of benzene rings is 1. The van der Waals surface area contributed by atoms with E-state index in [-0.39, 0.29) is 17.9 Å². The summed E-state index contributed by atoms with van der Waals surface area (Å²) in [4.78, 5) is 34.6. The van der Waals surface area contributed by atoms with E-state index in [1.807, 2.05) is 17.1 Å². The van der Waals surface area contributed by atoms with Crippen LogP contribution in [0.15, 0.2) is 65.4 Å². The molecule has 1 aromatic heterocycles. The number of aromatic amines is 1. The normalized spacial score (nSPS) is 20.4. The van der Waals surface area contributed by atoms with Gasteiger partial charge in [-0.3, -0.25) is 24.6 Å². The molecule has 10 heteroatoms. The summed E-state index contributed by atoms with van der Waals surface area (Å²) in [6.45, 7) is 4.60. The van der Waals surface area contributed by atoms with E-state index in [0.29, 0.717) is 29.4 Å². The quantitative estimate of drug-likeness (QED) is 0.605. The fourth-order valence-corrected chi connectivity index (χ4v) is 4.19. The molecule has 3 N–H and O–H groups in total. The summed E-state index contributed by atoms with van der Waals surface area (Å²) in [5.41, 5.74) is 2.13. The average Bonchev–Trinajstić information content (AvgIpc) is 3.38. The first-order valence-electron chi connectivity index (χ1n) is 11.4. The predicted molar refractivity (Wildman–Crippen MR) is 129 cm³/mol. The molecule has 5 rings (SSSR count). The Kier molecular flexibility index (Phi) is 6.50. The van der Waals surface area contributed by atoms with E-state index >= 15 is 0 Å². The molecule has 2 aromatic rings. The molecule has 3 heterocycles. The van der Waals surface area contributed by atoms with Crippen LogP contribution in [-0.4, -0.2) is 83.1 Å². The zero-order chi connectivity index (χ0) is 23.3. The van der Waals surface area contributed by atoms with Gasteiger partial charge in [0.05, 0.1) is 25.5 Å². The number of carbonyl (C=O) groups is 2. The van der Waals surface area contributed by atoms with E-state index in [4.69, 9.17) is 9.73 Å². The van der Waals surface area contributed by atoms with Crippen LogP contribution in [0.1, 0.15) is 16.8 Å². The molecule has 1 aromatic carbocycles. The van der Waals surface area contributed by atoms with Gasteiger partial charge in [-0.2, -0.15) is 5.10 Å². The number of allylic oxidation sites excluding steroid dienone is 2. The van der Waals surface area contributed by atoms with Crippen LogP contribution in [0.25, 0.3) is 0 Å². The van der Waals surface area contributed by atoms with Crippen molar-refractivity contribution in [2.45, 2.75) is 12.5 Å². The van der Waals surface area contributed by atoms with Gasteiger partial charge in [0.2, 0.25) is 0 Å². The number of fused-ring (bicyclic) bond motifs is 1. The molecule has 1 aliphatic carbocycles. The molecule has 34 heavy (non-hydrogen) atoms. The van der Waals surface area contributed by atoms with Crippen molar-refractivity contribution >= 4 is 29.2 Å². The number of H-pyrrole nitrogens is 1. The largest absolute Gasteiger partial charge is 0.379 e. The summed E-state index contributed by atoms with van der Waals surface area (Å²) in [7, 11) is 0. The van der Waals surface area contributed by atoms with Gasteiger partial charge in [0.1, 0.15) is 5.82 Å². The van der Waals surface area contributed by atoms with Gasteiger partial charge in [-0.1, -0.05) is 12.2 Å². The lowest BCUT2D eigenvalue weighted by molar-refractivity contribution is -0.123. The lowest BCUT2D eigenvalue weighted by atomic mass is 10.0. The molecule has 3 aliphatic rings. The maximum absolute atomic E-state index is 13.4. The smallest absolute Gasteiger partial charge is 0.293 e. The van der Waals surface area contributed by atoms with E-state index in [0.717, 1.165) is 45.0 Å². The van der Waals surface area contributed by atoms with Crippen molar-refractivity contribution in [3.05, 3.63) is 66.0 Å². The molecular formula is C24H27N7O3. The minimum absolute atomic E-state index is 0.0886. The van der Waals surface area contributed by atoms with E-state index in [1.54, 1.807) is 36.5 Å². The molecule has 1 fully saturated rings. The van der Waals surface area contributed by atoms with Crippen LogP contribution in [-0.2, 0) is 9.53 Å². The van der Waals surface area contributed by atoms with Gasteiger partial charge >= 0.3 is 0 Å². The molecule has 176 valence electrons. The molecule has 0 spiro atoms. The molecule has 0 bridgehead atoms. The third-order valence-electron chi connectivity index (χ3n) is 6.05. The van der Waals surface area contributed by atoms with Gasteiger partial charge in [0.15, 0.2) is 5.84 Å². The van der Waals surface area contributed by atoms with Crippen molar-refractivity contribution in [2.24, 2.45) is 4.99 Å². The second kappa shape index (κ2) is 10.0. The minimum atomic E-state index is -0.250. The summed E-state index contributed by atoms with van der Waals surface area (Å²) in [5.74, 6) is 0.443. The number of amides is 2. The van der Waals surface area contributed by atoms with Gasteiger partial charge < -0.3 is 20.3 Å². The van der Waals surface area contributed by atoms with Crippen LogP contribution in [0.3, 0.4) is 0 Å².